The number of hydrogen-bond donors (Lipinski definition) is 0. The summed E-state index contributed by atoms with van der Waals surface area (Å²) in [6, 6.07) is 101. The lowest BCUT2D eigenvalue weighted by molar-refractivity contribution is 1.15. The molecule has 3 nitrogen and oxygen atoms in total. The monoisotopic (exact) mass is 907 g/mol. The van der Waals surface area contributed by atoms with Gasteiger partial charge in [-0.2, -0.15) is 0 Å². The maximum absolute atomic E-state index is 2.89. The van der Waals surface area contributed by atoms with Crippen molar-refractivity contribution < 1.29 is 0 Å². The quantitative estimate of drug-likeness (QED) is 0.107. The second-order valence-electron chi connectivity index (χ2n) is 18.4. The third-order valence-electron chi connectivity index (χ3n) is 14.8. The van der Waals surface area contributed by atoms with Crippen molar-refractivity contribution in [3.8, 4) is 28.2 Å². The lowest BCUT2D eigenvalue weighted by Gasteiger charge is -2.34. The highest BCUT2D eigenvalue weighted by Gasteiger charge is 2.41. The highest BCUT2D eigenvalue weighted by atomic mass is 28.3. The Morgan fingerprint density at radius 1 is 0.229 bits per heavy atom. The summed E-state index contributed by atoms with van der Waals surface area (Å²) in [5.41, 5.74) is 12.9. The third-order valence-corrected chi connectivity index (χ3v) is 19.5. The van der Waals surface area contributed by atoms with Gasteiger partial charge in [0.1, 0.15) is 0 Å². The van der Waals surface area contributed by atoms with Gasteiger partial charge >= 0.3 is 0 Å². The molecule has 0 aliphatic heterocycles. The minimum Gasteiger partial charge on any atom is -0.309 e. The summed E-state index contributed by atoms with van der Waals surface area (Å²) in [4.78, 5) is 0. The van der Waals surface area contributed by atoms with E-state index in [0.717, 1.165) is 33.6 Å². The number of rotatable bonds is 8. The molecular formula is C66H45N3Si. The van der Waals surface area contributed by atoms with Crippen LogP contribution >= 0.6 is 0 Å². The predicted octanol–water partition coefficient (Wildman–Crippen LogP) is 14.0. The topological polar surface area (TPSA) is 14.8 Å². The Morgan fingerprint density at radius 2 is 0.671 bits per heavy atom. The van der Waals surface area contributed by atoms with Gasteiger partial charge in [0, 0.05) is 43.7 Å². The Hall–Kier alpha value is -8.96. The van der Waals surface area contributed by atoms with Crippen LogP contribution in [0.4, 0.5) is 0 Å². The lowest BCUT2D eigenvalue weighted by atomic mass is 10.1. The van der Waals surface area contributed by atoms with Crippen LogP contribution in [0.1, 0.15) is 0 Å². The molecule has 0 aliphatic rings. The summed E-state index contributed by atoms with van der Waals surface area (Å²) in [7, 11) is -2.89. The number of fused-ring (bicyclic) bond motifs is 9. The van der Waals surface area contributed by atoms with E-state index >= 15 is 0 Å². The van der Waals surface area contributed by atoms with Crippen molar-refractivity contribution in [2.24, 2.45) is 0 Å². The molecule has 0 spiro atoms. The maximum atomic E-state index is 2.56. The SMILES string of the molecule is c1ccc(-c2cccc(-n3c4ccccc4c4ccc(-n5c6ccc([Si](c7ccccc7)(c7ccccc7)c7ccccc7)cc6c6c(-n7c8ccccc8c8ccccc87)cccc65)cc43)c2)cc1. The zero-order valence-corrected chi connectivity index (χ0v) is 39.3. The normalized spacial score (nSPS) is 12.0. The van der Waals surface area contributed by atoms with E-state index in [-0.39, 0.29) is 0 Å². The Balaban J connectivity index is 1.10. The number of para-hydroxylation sites is 3. The Kier molecular flexibility index (Phi) is 9.23. The van der Waals surface area contributed by atoms with Crippen molar-refractivity contribution in [1.29, 1.82) is 0 Å². The van der Waals surface area contributed by atoms with Gasteiger partial charge in [-0.25, -0.2) is 0 Å². The van der Waals surface area contributed by atoms with Gasteiger partial charge in [-0.3, -0.25) is 0 Å². The maximum Gasteiger partial charge on any atom is 0.179 e. The zero-order chi connectivity index (χ0) is 46.2. The highest BCUT2D eigenvalue weighted by molar-refractivity contribution is 7.20. The van der Waals surface area contributed by atoms with E-state index < -0.39 is 8.07 Å². The summed E-state index contributed by atoms with van der Waals surface area (Å²) < 4.78 is 7.47. The molecule has 0 saturated carbocycles. The molecule has 0 fully saturated rings. The first-order chi connectivity index (χ1) is 34.8. The number of hydrogen-bond acceptors (Lipinski definition) is 0. The van der Waals surface area contributed by atoms with E-state index in [1.54, 1.807) is 0 Å². The van der Waals surface area contributed by atoms with E-state index in [4.69, 9.17) is 0 Å². The molecule has 14 rings (SSSR count). The fraction of sp³-hybridized carbons (Fsp3) is 0. The van der Waals surface area contributed by atoms with E-state index in [9.17, 15) is 0 Å². The van der Waals surface area contributed by atoms with Crippen LogP contribution in [0.5, 0.6) is 0 Å². The van der Waals surface area contributed by atoms with Gasteiger partial charge in [-0.1, -0.05) is 212 Å². The van der Waals surface area contributed by atoms with Gasteiger partial charge in [-0.15, -0.1) is 0 Å². The molecule has 11 aromatic carbocycles. The van der Waals surface area contributed by atoms with Crippen molar-refractivity contribution >= 4 is 94.2 Å². The van der Waals surface area contributed by atoms with E-state index in [1.165, 1.54) is 80.7 Å². The van der Waals surface area contributed by atoms with Gasteiger partial charge in [0.2, 0.25) is 0 Å². The van der Waals surface area contributed by atoms with Crippen molar-refractivity contribution in [2.45, 2.75) is 0 Å². The van der Waals surface area contributed by atoms with Crippen LogP contribution < -0.4 is 20.7 Å². The fourth-order valence-electron chi connectivity index (χ4n) is 11.8. The molecule has 328 valence electrons. The van der Waals surface area contributed by atoms with Gasteiger partial charge in [0.25, 0.3) is 0 Å². The molecule has 0 amide bonds. The first-order valence-corrected chi connectivity index (χ1v) is 26.2. The van der Waals surface area contributed by atoms with Gasteiger partial charge in [0.05, 0.1) is 38.8 Å². The highest BCUT2D eigenvalue weighted by Crippen LogP contribution is 2.41. The molecule has 0 saturated heterocycles. The van der Waals surface area contributed by atoms with Crippen molar-refractivity contribution in [3.63, 3.8) is 0 Å². The predicted molar refractivity (Wildman–Crippen MR) is 299 cm³/mol. The summed E-state index contributed by atoms with van der Waals surface area (Å²) in [6.45, 7) is 0. The second kappa shape index (κ2) is 16.1. The first kappa shape index (κ1) is 40.1. The molecule has 0 bridgehead atoms. The molecule has 0 unspecified atom stereocenters. The van der Waals surface area contributed by atoms with Crippen LogP contribution in [-0.4, -0.2) is 21.8 Å². The van der Waals surface area contributed by atoms with Crippen LogP contribution in [0.25, 0.3) is 93.6 Å². The number of benzene rings is 11. The van der Waals surface area contributed by atoms with Crippen molar-refractivity contribution in [3.05, 3.63) is 273 Å². The molecule has 3 aromatic heterocycles. The third kappa shape index (κ3) is 6.00. The Morgan fingerprint density at radius 3 is 1.27 bits per heavy atom. The van der Waals surface area contributed by atoms with Gasteiger partial charge in [0.15, 0.2) is 8.07 Å². The largest absolute Gasteiger partial charge is 0.309 e. The van der Waals surface area contributed by atoms with Crippen molar-refractivity contribution in [2.75, 3.05) is 0 Å². The van der Waals surface area contributed by atoms with E-state index in [0.29, 0.717) is 0 Å². The molecule has 0 atom stereocenters. The summed E-state index contributed by atoms with van der Waals surface area (Å²) >= 11 is 0. The zero-order valence-electron chi connectivity index (χ0n) is 38.3. The van der Waals surface area contributed by atoms with E-state index in [2.05, 4.69) is 287 Å². The van der Waals surface area contributed by atoms with Crippen LogP contribution in [0, 0.1) is 0 Å². The summed E-state index contributed by atoms with van der Waals surface area (Å²) in [5.74, 6) is 0. The molecule has 4 heteroatoms. The van der Waals surface area contributed by atoms with Crippen LogP contribution in [-0.2, 0) is 0 Å². The average Bonchev–Trinajstić information content (AvgIpc) is 4.08. The van der Waals surface area contributed by atoms with Crippen molar-refractivity contribution in [1.82, 2.24) is 13.7 Å². The minimum atomic E-state index is -2.89. The van der Waals surface area contributed by atoms with Crippen LogP contribution in [0.15, 0.2) is 273 Å². The molecule has 14 aromatic rings. The average molecular weight is 908 g/mol. The molecule has 0 radical (unpaired) electrons. The number of aromatic nitrogens is 3. The van der Waals surface area contributed by atoms with Gasteiger partial charge in [-0.05, 0) is 92.5 Å². The standard InChI is InChI=1S/C66H45N3Si/c1-5-21-46(22-6-1)47-23-19-24-48(43-47)68-59-34-16-13-33-56(59)57-41-39-49(44-65(57)68)67-62-42-40-53(70(50-25-7-2-8-26-50,51-27-9-3-10-28-51)52-29-11-4-12-30-52)45-58(62)66-63(67)37-20-38-64(66)69-60-35-17-14-31-54(60)55-32-15-18-36-61(55)69/h1-45H. The van der Waals surface area contributed by atoms with Gasteiger partial charge < -0.3 is 13.7 Å². The fourth-order valence-corrected chi connectivity index (χ4v) is 16.6. The Bertz CT molecular complexity index is 4130. The summed E-state index contributed by atoms with van der Waals surface area (Å²) in [6.07, 6.45) is 0. The second-order valence-corrected chi connectivity index (χ2v) is 22.2. The van der Waals surface area contributed by atoms with Crippen LogP contribution in [0.2, 0.25) is 0 Å². The molecule has 0 aliphatic carbocycles. The molecule has 70 heavy (non-hydrogen) atoms. The molecule has 3 heterocycles. The van der Waals surface area contributed by atoms with Crippen LogP contribution in [0.3, 0.4) is 0 Å². The smallest absolute Gasteiger partial charge is 0.179 e. The van der Waals surface area contributed by atoms with E-state index in [1.807, 2.05) is 0 Å². The summed E-state index contributed by atoms with van der Waals surface area (Å²) in [5, 5.41) is 12.8. The first-order valence-electron chi connectivity index (χ1n) is 24.2. The molecular weight excluding hydrogens is 863 g/mol. The number of nitrogens with zero attached hydrogens (tertiary/aromatic N) is 3. The Labute approximate surface area is 407 Å². The lowest BCUT2D eigenvalue weighted by Crippen LogP contribution is -2.74. The minimum absolute atomic E-state index is 1.11. The molecule has 0 N–H and O–H groups in total.